The van der Waals surface area contributed by atoms with Gasteiger partial charge in [-0.15, -0.1) is 0 Å². The summed E-state index contributed by atoms with van der Waals surface area (Å²) in [5.41, 5.74) is 0. The third kappa shape index (κ3) is 3.43. The maximum absolute atomic E-state index is 12.1. The number of carbonyl (C=O) groups is 1. The summed E-state index contributed by atoms with van der Waals surface area (Å²) in [6.07, 6.45) is 3.19. The van der Waals surface area contributed by atoms with E-state index in [4.69, 9.17) is 4.74 Å². The number of ether oxygens (including phenoxy) is 1. The SMILES string of the molecule is COc1cc(N2CCN(C(=O)CC3CC3)CC2)nc(C)n1. The Kier molecular flexibility index (Phi) is 3.94. The van der Waals surface area contributed by atoms with Gasteiger partial charge in [-0.05, 0) is 25.7 Å². The van der Waals surface area contributed by atoms with E-state index in [0.29, 0.717) is 23.5 Å². The first-order chi connectivity index (χ1) is 10.2. The molecule has 0 bridgehead atoms. The minimum atomic E-state index is 0.314. The van der Waals surface area contributed by atoms with E-state index in [2.05, 4.69) is 14.9 Å². The van der Waals surface area contributed by atoms with Gasteiger partial charge in [0.15, 0.2) is 0 Å². The molecule has 1 aromatic heterocycles. The molecule has 0 atom stereocenters. The number of aromatic nitrogens is 2. The van der Waals surface area contributed by atoms with Gasteiger partial charge in [-0.2, -0.15) is 4.98 Å². The standard InChI is InChI=1S/C15H22N4O2/c1-11-16-13(10-14(17-11)21-2)18-5-7-19(8-6-18)15(20)9-12-3-4-12/h10,12H,3-9H2,1-2H3. The Morgan fingerprint density at radius 3 is 2.62 bits per heavy atom. The normalized spacial score (nSPS) is 18.8. The van der Waals surface area contributed by atoms with E-state index < -0.39 is 0 Å². The summed E-state index contributed by atoms with van der Waals surface area (Å²) >= 11 is 0. The number of piperazine rings is 1. The van der Waals surface area contributed by atoms with Crippen LogP contribution < -0.4 is 9.64 Å². The summed E-state index contributed by atoms with van der Waals surface area (Å²) in [5.74, 6) is 3.15. The van der Waals surface area contributed by atoms with Crippen molar-refractivity contribution in [2.45, 2.75) is 26.2 Å². The molecule has 0 aromatic carbocycles. The fourth-order valence-electron chi connectivity index (χ4n) is 2.67. The van der Waals surface area contributed by atoms with Crippen molar-refractivity contribution in [3.8, 4) is 5.88 Å². The maximum Gasteiger partial charge on any atom is 0.222 e. The summed E-state index contributed by atoms with van der Waals surface area (Å²) in [7, 11) is 1.61. The molecular formula is C15H22N4O2. The first-order valence-corrected chi connectivity index (χ1v) is 7.58. The molecule has 2 fully saturated rings. The number of amides is 1. The van der Waals surface area contributed by atoms with E-state index in [-0.39, 0.29) is 0 Å². The van der Waals surface area contributed by atoms with Crippen LogP contribution in [0.15, 0.2) is 6.07 Å². The molecule has 114 valence electrons. The van der Waals surface area contributed by atoms with Crippen molar-refractivity contribution in [1.29, 1.82) is 0 Å². The van der Waals surface area contributed by atoms with E-state index in [9.17, 15) is 4.79 Å². The largest absolute Gasteiger partial charge is 0.481 e. The molecule has 1 aliphatic carbocycles. The van der Waals surface area contributed by atoms with Crippen LogP contribution in [0.2, 0.25) is 0 Å². The topological polar surface area (TPSA) is 58.6 Å². The molecule has 6 nitrogen and oxygen atoms in total. The lowest BCUT2D eigenvalue weighted by Gasteiger charge is -2.35. The summed E-state index contributed by atoms with van der Waals surface area (Å²) < 4.78 is 5.19. The van der Waals surface area contributed by atoms with Gasteiger partial charge in [0.25, 0.3) is 0 Å². The Balaban J connectivity index is 1.59. The van der Waals surface area contributed by atoms with Crippen LogP contribution in [0, 0.1) is 12.8 Å². The molecule has 1 saturated heterocycles. The Morgan fingerprint density at radius 1 is 1.29 bits per heavy atom. The molecule has 21 heavy (non-hydrogen) atoms. The lowest BCUT2D eigenvalue weighted by molar-refractivity contribution is -0.131. The molecule has 0 N–H and O–H groups in total. The van der Waals surface area contributed by atoms with Gasteiger partial charge in [0.1, 0.15) is 11.6 Å². The predicted octanol–water partition coefficient (Wildman–Crippen LogP) is 1.24. The predicted molar refractivity (Wildman–Crippen MR) is 79.5 cm³/mol. The average molecular weight is 290 g/mol. The number of aryl methyl sites for hydroxylation is 1. The minimum Gasteiger partial charge on any atom is -0.481 e. The zero-order valence-corrected chi connectivity index (χ0v) is 12.7. The highest BCUT2D eigenvalue weighted by Crippen LogP contribution is 2.33. The summed E-state index contributed by atoms with van der Waals surface area (Å²) in [6.45, 7) is 5.04. The second-order valence-corrected chi connectivity index (χ2v) is 5.83. The van der Waals surface area contributed by atoms with E-state index in [1.165, 1.54) is 12.8 Å². The Morgan fingerprint density at radius 2 is 2.00 bits per heavy atom. The first-order valence-electron chi connectivity index (χ1n) is 7.58. The number of hydrogen-bond donors (Lipinski definition) is 0. The van der Waals surface area contributed by atoms with Crippen molar-refractivity contribution < 1.29 is 9.53 Å². The fourth-order valence-corrected chi connectivity index (χ4v) is 2.67. The number of rotatable bonds is 4. The Labute approximate surface area is 125 Å². The van der Waals surface area contributed by atoms with E-state index in [0.717, 1.165) is 38.4 Å². The highest BCUT2D eigenvalue weighted by molar-refractivity contribution is 5.77. The second kappa shape index (κ2) is 5.87. The summed E-state index contributed by atoms with van der Waals surface area (Å²) in [4.78, 5) is 25.0. The summed E-state index contributed by atoms with van der Waals surface area (Å²) in [5, 5.41) is 0. The Hall–Kier alpha value is -1.85. The van der Waals surface area contributed by atoms with Crippen molar-refractivity contribution >= 4 is 11.7 Å². The average Bonchev–Trinajstić information content (AvgIpc) is 3.30. The van der Waals surface area contributed by atoms with Crippen LogP contribution in [-0.4, -0.2) is 54.1 Å². The zero-order chi connectivity index (χ0) is 14.8. The molecule has 6 heteroatoms. The number of methoxy groups -OCH3 is 1. The van der Waals surface area contributed by atoms with Gasteiger partial charge >= 0.3 is 0 Å². The Bertz CT molecular complexity index is 522. The van der Waals surface area contributed by atoms with Crippen LogP contribution in [0.3, 0.4) is 0 Å². The van der Waals surface area contributed by atoms with Gasteiger partial charge in [-0.3, -0.25) is 4.79 Å². The monoisotopic (exact) mass is 290 g/mol. The van der Waals surface area contributed by atoms with Crippen molar-refractivity contribution in [3.63, 3.8) is 0 Å². The van der Waals surface area contributed by atoms with Crippen molar-refractivity contribution in [3.05, 3.63) is 11.9 Å². The zero-order valence-electron chi connectivity index (χ0n) is 12.7. The quantitative estimate of drug-likeness (QED) is 0.835. The molecule has 0 radical (unpaired) electrons. The highest BCUT2D eigenvalue weighted by Gasteiger charge is 2.29. The molecule has 1 amide bonds. The highest BCUT2D eigenvalue weighted by atomic mass is 16.5. The molecule has 1 saturated carbocycles. The van der Waals surface area contributed by atoms with Gasteiger partial charge < -0.3 is 14.5 Å². The van der Waals surface area contributed by atoms with Gasteiger partial charge in [-0.1, -0.05) is 0 Å². The van der Waals surface area contributed by atoms with Gasteiger partial charge in [0, 0.05) is 38.7 Å². The molecule has 0 unspecified atom stereocenters. The number of nitrogens with zero attached hydrogens (tertiary/aromatic N) is 4. The molecule has 3 rings (SSSR count). The number of carbonyl (C=O) groups excluding carboxylic acids is 1. The molecule has 1 aromatic rings. The molecule has 2 heterocycles. The molecule has 1 aliphatic heterocycles. The molecular weight excluding hydrogens is 268 g/mol. The lowest BCUT2D eigenvalue weighted by Crippen LogP contribution is -2.49. The number of hydrogen-bond acceptors (Lipinski definition) is 5. The van der Waals surface area contributed by atoms with Gasteiger partial charge in [0.05, 0.1) is 7.11 Å². The fraction of sp³-hybridized carbons (Fsp3) is 0.667. The third-order valence-electron chi connectivity index (χ3n) is 4.13. The van der Waals surface area contributed by atoms with E-state index in [1.807, 2.05) is 17.9 Å². The van der Waals surface area contributed by atoms with Crippen LogP contribution >= 0.6 is 0 Å². The molecule has 2 aliphatic rings. The maximum atomic E-state index is 12.1. The van der Waals surface area contributed by atoms with Crippen molar-refractivity contribution in [1.82, 2.24) is 14.9 Å². The van der Waals surface area contributed by atoms with Crippen LogP contribution in [0.4, 0.5) is 5.82 Å². The van der Waals surface area contributed by atoms with Crippen LogP contribution in [0.1, 0.15) is 25.1 Å². The number of anilines is 1. The van der Waals surface area contributed by atoms with Gasteiger partial charge in [0.2, 0.25) is 11.8 Å². The van der Waals surface area contributed by atoms with Crippen molar-refractivity contribution in [2.75, 3.05) is 38.2 Å². The summed E-state index contributed by atoms with van der Waals surface area (Å²) in [6, 6.07) is 1.86. The van der Waals surface area contributed by atoms with Crippen molar-refractivity contribution in [2.24, 2.45) is 5.92 Å². The smallest absolute Gasteiger partial charge is 0.222 e. The van der Waals surface area contributed by atoms with E-state index >= 15 is 0 Å². The van der Waals surface area contributed by atoms with Gasteiger partial charge in [-0.25, -0.2) is 4.98 Å². The van der Waals surface area contributed by atoms with Crippen LogP contribution in [0.5, 0.6) is 5.88 Å². The third-order valence-corrected chi connectivity index (χ3v) is 4.13. The lowest BCUT2D eigenvalue weighted by atomic mass is 10.2. The van der Waals surface area contributed by atoms with Crippen LogP contribution in [-0.2, 0) is 4.79 Å². The van der Waals surface area contributed by atoms with Crippen LogP contribution in [0.25, 0.3) is 0 Å². The molecule has 0 spiro atoms. The second-order valence-electron chi connectivity index (χ2n) is 5.83. The van der Waals surface area contributed by atoms with E-state index in [1.54, 1.807) is 7.11 Å². The first kappa shape index (κ1) is 14.1. The minimum absolute atomic E-state index is 0.314.